The van der Waals surface area contributed by atoms with E-state index in [1.54, 1.807) is 6.07 Å². The van der Waals surface area contributed by atoms with Crippen LogP contribution in [0, 0.1) is 12.8 Å². The maximum Gasteiger partial charge on any atom is 0.197 e. The first-order valence-corrected chi connectivity index (χ1v) is 6.10. The van der Waals surface area contributed by atoms with E-state index in [0.29, 0.717) is 23.3 Å². The second-order valence-electron chi connectivity index (χ2n) is 4.88. The van der Waals surface area contributed by atoms with Crippen LogP contribution in [0.4, 0.5) is 5.82 Å². The largest absolute Gasteiger partial charge is 0.457 e. The van der Waals surface area contributed by atoms with Crippen molar-refractivity contribution < 1.29 is 4.42 Å². The number of nitrogen functional groups attached to an aromatic ring is 1. The third-order valence-electron chi connectivity index (χ3n) is 3.32. The van der Waals surface area contributed by atoms with Gasteiger partial charge in [-0.3, -0.25) is 0 Å². The van der Waals surface area contributed by atoms with Crippen molar-refractivity contribution in [2.75, 3.05) is 5.43 Å². The third-order valence-corrected chi connectivity index (χ3v) is 3.32. The summed E-state index contributed by atoms with van der Waals surface area (Å²) in [7, 11) is 0. The average Bonchev–Trinajstić information content (AvgIpc) is 2.91. The van der Waals surface area contributed by atoms with E-state index in [0.717, 1.165) is 17.4 Å². The lowest BCUT2D eigenvalue weighted by atomic mass is 10.3. The number of nitrogens with zero attached hydrogens (tertiary/aromatic N) is 2. The highest BCUT2D eigenvalue weighted by molar-refractivity contribution is 5.51. The number of hydrogen-bond donors (Lipinski definition) is 2. The van der Waals surface area contributed by atoms with Crippen molar-refractivity contribution in [2.45, 2.75) is 26.2 Å². The smallest absolute Gasteiger partial charge is 0.197 e. The van der Waals surface area contributed by atoms with Gasteiger partial charge in [0.15, 0.2) is 11.6 Å². The molecule has 1 aliphatic carbocycles. The molecule has 5 heteroatoms. The fourth-order valence-corrected chi connectivity index (χ4v) is 2.14. The Bertz CT molecular complexity index is 578. The van der Waals surface area contributed by atoms with E-state index in [1.807, 2.05) is 19.1 Å². The first-order chi connectivity index (χ1) is 8.67. The molecule has 2 heterocycles. The van der Waals surface area contributed by atoms with Crippen molar-refractivity contribution >= 4 is 5.82 Å². The van der Waals surface area contributed by atoms with Gasteiger partial charge in [0.25, 0.3) is 0 Å². The molecule has 2 aromatic rings. The number of anilines is 1. The fraction of sp³-hybridized carbons (Fsp3) is 0.385. The summed E-state index contributed by atoms with van der Waals surface area (Å²) in [6.07, 6.45) is 1.21. The molecule has 5 nitrogen and oxygen atoms in total. The van der Waals surface area contributed by atoms with Crippen LogP contribution in [-0.2, 0) is 0 Å². The maximum atomic E-state index is 5.82. The van der Waals surface area contributed by atoms with Gasteiger partial charge in [0.1, 0.15) is 11.6 Å². The minimum absolute atomic E-state index is 0.565. The summed E-state index contributed by atoms with van der Waals surface area (Å²) < 4.78 is 5.82. The number of furan rings is 1. The van der Waals surface area contributed by atoms with Crippen molar-refractivity contribution in [1.29, 1.82) is 0 Å². The normalized spacial score (nSPS) is 21.9. The topological polar surface area (TPSA) is 77.0 Å². The Morgan fingerprint density at radius 1 is 1.39 bits per heavy atom. The lowest BCUT2D eigenvalue weighted by Gasteiger charge is -2.03. The average molecular weight is 244 g/mol. The Labute approximate surface area is 105 Å². The summed E-state index contributed by atoms with van der Waals surface area (Å²) in [4.78, 5) is 8.66. The molecule has 3 rings (SSSR count). The Kier molecular flexibility index (Phi) is 2.56. The van der Waals surface area contributed by atoms with Gasteiger partial charge >= 0.3 is 0 Å². The van der Waals surface area contributed by atoms with E-state index >= 15 is 0 Å². The zero-order valence-corrected chi connectivity index (χ0v) is 10.5. The van der Waals surface area contributed by atoms with Gasteiger partial charge in [-0.25, -0.2) is 15.8 Å². The van der Waals surface area contributed by atoms with Gasteiger partial charge in [0.05, 0.1) is 0 Å². The highest BCUT2D eigenvalue weighted by atomic mass is 16.3. The van der Waals surface area contributed by atoms with Crippen LogP contribution in [0.3, 0.4) is 0 Å². The lowest BCUT2D eigenvalue weighted by molar-refractivity contribution is 0.515. The maximum absolute atomic E-state index is 5.82. The Morgan fingerprint density at radius 2 is 2.17 bits per heavy atom. The molecule has 3 N–H and O–H groups in total. The Hall–Kier alpha value is -1.88. The number of nitrogens with two attached hydrogens (primary N) is 1. The predicted molar refractivity (Wildman–Crippen MR) is 68.8 cm³/mol. The molecule has 1 aliphatic rings. The molecular formula is C13H16N4O. The van der Waals surface area contributed by atoms with Crippen molar-refractivity contribution in [3.8, 4) is 11.6 Å². The van der Waals surface area contributed by atoms with Gasteiger partial charge in [-0.2, -0.15) is 0 Å². The molecule has 0 amide bonds. The fourth-order valence-electron chi connectivity index (χ4n) is 2.14. The molecule has 94 valence electrons. The number of aromatic nitrogens is 2. The summed E-state index contributed by atoms with van der Waals surface area (Å²) in [5.74, 6) is 9.56. The van der Waals surface area contributed by atoms with Gasteiger partial charge in [-0.1, -0.05) is 6.92 Å². The van der Waals surface area contributed by atoms with Gasteiger partial charge in [-0.05, 0) is 31.4 Å². The molecule has 1 fully saturated rings. The van der Waals surface area contributed by atoms with Crippen LogP contribution in [-0.4, -0.2) is 9.97 Å². The van der Waals surface area contributed by atoms with Crippen LogP contribution in [0.1, 0.15) is 30.7 Å². The molecule has 0 bridgehead atoms. The highest BCUT2D eigenvalue weighted by Gasteiger charge is 2.36. The first-order valence-electron chi connectivity index (χ1n) is 6.10. The van der Waals surface area contributed by atoms with Gasteiger partial charge in [-0.15, -0.1) is 0 Å². The quantitative estimate of drug-likeness (QED) is 0.640. The minimum atomic E-state index is 0.565. The predicted octanol–water partition coefficient (Wildman–Crippen LogP) is 2.45. The van der Waals surface area contributed by atoms with E-state index in [1.165, 1.54) is 6.42 Å². The van der Waals surface area contributed by atoms with E-state index in [2.05, 4.69) is 22.3 Å². The molecular weight excluding hydrogens is 228 g/mol. The number of rotatable bonds is 3. The van der Waals surface area contributed by atoms with E-state index in [9.17, 15) is 0 Å². The second-order valence-corrected chi connectivity index (χ2v) is 4.88. The summed E-state index contributed by atoms with van der Waals surface area (Å²) in [5.41, 5.74) is 3.39. The minimum Gasteiger partial charge on any atom is -0.457 e. The molecule has 2 unspecified atom stereocenters. The molecule has 0 saturated heterocycles. The van der Waals surface area contributed by atoms with Crippen molar-refractivity contribution in [3.05, 3.63) is 29.7 Å². The first kappa shape index (κ1) is 11.2. The molecule has 0 radical (unpaired) electrons. The lowest BCUT2D eigenvalue weighted by Crippen LogP contribution is -2.09. The highest BCUT2D eigenvalue weighted by Crippen LogP contribution is 2.47. The molecule has 2 aromatic heterocycles. The zero-order valence-electron chi connectivity index (χ0n) is 10.5. The second kappa shape index (κ2) is 4.10. The van der Waals surface area contributed by atoms with E-state index in [-0.39, 0.29) is 0 Å². The number of hydrazine groups is 1. The summed E-state index contributed by atoms with van der Waals surface area (Å²) in [5, 5.41) is 0. The number of nitrogens with one attached hydrogen (secondary N) is 1. The molecule has 0 aliphatic heterocycles. The third kappa shape index (κ3) is 1.97. The van der Waals surface area contributed by atoms with E-state index in [4.69, 9.17) is 10.3 Å². The summed E-state index contributed by atoms with van der Waals surface area (Å²) >= 11 is 0. The van der Waals surface area contributed by atoms with Gasteiger partial charge in [0, 0.05) is 17.7 Å². The van der Waals surface area contributed by atoms with Crippen LogP contribution in [0.5, 0.6) is 0 Å². The number of hydrogen-bond acceptors (Lipinski definition) is 5. The van der Waals surface area contributed by atoms with Crippen molar-refractivity contribution in [2.24, 2.45) is 11.8 Å². The zero-order chi connectivity index (χ0) is 12.7. The summed E-state index contributed by atoms with van der Waals surface area (Å²) in [6, 6.07) is 5.73. The summed E-state index contributed by atoms with van der Waals surface area (Å²) in [6.45, 7) is 4.13. The van der Waals surface area contributed by atoms with Gasteiger partial charge < -0.3 is 9.84 Å². The van der Waals surface area contributed by atoms with Crippen LogP contribution < -0.4 is 11.3 Å². The van der Waals surface area contributed by atoms with E-state index < -0.39 is 0 Å². The van der Waals surface area contributed by atoms with Crippen LogP contribution in [0.2, 0.25) is 0 Å². The molecule has 0 aromatic carbocycles. The van der Waals surface area contributed by atoms with Crippen LogP contribution >= 0.6 is 0 Å². The van der Waals surface area contributed by atoms with Crippen molar-refractivity contribution in [3.63, 3.8) is 0 Å². The monoisotopic (exact) mass is 244 g/mol. The van der Waals surface area contributed by atoms with Gasteiger partial charge in [0.2, 0.25) is 0 Å². The molecule has 0 spiro atoms. The molecule has 1 saturated carbocycles. The SMILES string of the molecule is Cc1cc(NN)nc(-c2ccc(C3CC3C)o2)n1. The van der Waals surface area contributed by atoms with Crippen LogP contribution in [0.15, 0.2) is 22.6 Å². The van der Waals surface area contributed by atoms with Crippen molar-refractivity contribution in [1.82, 2.24) is 9.97 Å². The molecule has 18 heavy (non-hydrogen) atoms. The standard InChI is InChI=1S/C13H16N4O/c1-7-5-9(7)10-3-4-11(18-10)13-15-8(2)6-12(16-13)17-14/h3-4,6-7,9H,5,14H2,1-2H3,(H,15,16,17). The Morgan fingerprint density at radius 3 is 2.83 bits per heavy atom. The number of aryl methyl sites for hydroxylation is 1. The Balaban J connectivity index is 1.94. The molecule has 2 atom stereocenters. The van der Waals surface area contributed by atoms with Crippen LogP contribution in [0.25, 0.3) is 11.6 Å².